The fraction of sp³-hybridized carbons (Fsp3) is 0.480. The number of methoxy groups -OCH3 is 1. The summed E-state index contributed by atoms with van der Waals surface area (Å²) in [5.41, 5.74) is 3.28. The van der Waals surface area contributed by atoms with Gasteiger partial charge in [-0.1, -0.05) is 18.2 Å². The maximum atomic E-state index is 12.5. The number of piperidine rings is 1. The first kappa shape index (κ1) is 24.3. The number of carbonyl (C=O) groups is 1. The Morgan fingerprint density at radius 2 is 1.75 bits per heavy atom. The highest BCUT2D eigenvalue weighted by Gasteiger charge is 2.23. The van der Waals surface area contributed by atoms with Crippen molar-refractivity contribution in [2.75, 3.05) is 26.7 Å². The van der Waals surface area contributed by atoms with E-state index in [1.54, 1.807) is 25.3 Å². The summed E-state index contributed by atoms with van der Waals surface area (Å²) in [4.78, 5) is 14.7. The molecule has 0 atom stereocenters. The molecule has 0 unspecified atom stereocenters. The highest BCUT2D eigenvalue weighted by Crippen LogP contribution is 2.23. The molecule has 32 heavy (non-hydrogen) atoms. The molecule has 0 saturated carbocycles. The summed E-state index contributed by atoms with van der Waals surface area (Å²) in [5, 5.41) is 0. The lowest BCUT2D eigenvalue weighted by atomic mass is 9.90. The second kappa shape index (κ2) is 11.0. The Balaban J connectivity index is 1.39. The standard InChI is InChI=1S/C25H34N2O4S/c1-19-4-11-24(18-20(19)2)32(29,30)26-15-12-25(28)27-16-13-22(14-17-27)6-5-21-7-9-23(31-3)10-8-21/h4,7-11,18,22,26H,5-6,12-17H2,1-3H3. The zero-order valence-corrected chi connectivity index (χ0v) is 20.1. The molecule has 0 radical (unpaired) electrons. The molecule has 0 bridgehead atoms. The minimum absolute atomic E-state index is 0.0152. The lowest BCUT2D eigenvalue weighted by molar-refractivity contribution is -0.132. The van der Waals surface area contributed by atoms with E-state index in [1.807, 2.05) is 30.9 Å². The van der Waals surface area contributed by atoms with E-state index in [1.165, 1.54) is 5.56 Å². The monoisotopic (exact) mass is 458 g/mol. The van der Waals surface area contributed by atoms with Crippen LogP contribution in [0.15, 0.2) is 47.4 Å². The summed E-state index contributed by atoms with van der Waals surface area (Å²) < 4.78 is 32.7. The average Bonchev–Trinajstić information content (AvgIpc) is 2.80. The van der Waals surface area contributed by atoms with Crippen molar-refractivity contribution >= 4 is 15.9 Å². The second-order valence-electron chi connectivity index (χ2n) is 8.60. The van der Waals surface area contributed by atoms with Gasteiger partial charge in [-0.05, 0) is 86.4 Å². The van der Waals surface area contributed by atoms with Gasteiger partial charge in [-0.2, -0.15) is 0 Å². The van der Waals surface area contributed by atoms with Gasteiger partial charge in [-0.15, -0.1) is 0 Å². The van der Waals surface area contributed by atoms with Crippen LogP contribution in [0.1, 0.15) is 42.4 Å². The van der Waals surface area contributed by atoms with Crippen molar-refractivity contribution in [3.8, 4) is 5.75 Å². The third-order valence-electron chi connectivity index (χ3n) is 6.39. The van der Waals surface area contributed by atoms with Gasteiger partial charge >= 0.3 is 0 Å². The van der Waals surface area contributed by atoms with Gasteiger partial charge in [0.25, 0.3) is 0 Å². The Hall–Kier alpha value is -2.38. The molecule has 1 aliphatic heterocycles. The van der Waals surface area contributed by atoms with Crippen molar-refractivity contribution in [3.05, 3.63) is 59.2 Å². The number of aryl methyl sites for hydroxylation is 3. The predicted octanol–water partition coefficient (Wildman–Crippen LogP) is 3.85. The molecular weight excluding hydrogens is 424 g/mol. The third kappa shape index (κ3) is 6.56. The normalized spacial score (nSPS) is 15.0. The van der Waals surface area contributed by atoms with E-state index in [2.05, 4.69) is 16.9 Å². The molecule has 1 heterocycles. The van der Waals surface area contributed by atoms with Crippen molar-refractivity contribution in [1.82, 2.24) is 9.62 Å². The number of benzene rings is 2. The number of ether oxygens (including phenoxy) is 1. The zero-order chi connectivity index (χ0) is 23.1. The molecule has 1 saturated heterocycles. The SMILES string of the molecule is COc1ccc(CCC2CCN(C(=O)CCNS(=O)(=O)c3ccc(C)c(C)c3)CC2)cc1. The summed E-state index contributed by atoms with van der Waals surface area (Å²) in [6.45, 7) is 5.44. The van der Waals surface area contributed by atoms with Gasteiger partial charge in [0.1, 0.15) is 5.75 Å². The van der Waals surface area contributed by atoms with Crippen LogP contribution < -0.4 is 9.46 Å². The number of rotatable bonds is 9. The van der Waals surface area contributed by atoms with E-state index in [0.29, 0.717) is 5.92 Å². The van der Waals surface area contributed by atoms with Gasteiger partial charge in [-0.3, -0.25) is 4.79 Å². The Morgan fingerprint density at radius 1 is 1.06 bits per heavy atom. The van der Waals surface area contributed by atoms with E-state index < -0.39 is 10.0 Å². The van der Waals surface area contributed by atoms with Crippen molar-refractivity contribution in [1.29, 1.82) is 0 Å². The topological polar surface area (TPSA) is 75.7 Å². The van der Waals surface area contributed by atoms with Crippen molar-refractivity contribution in [2.45, 2.75) is 50.8 Å². The molecule has 6 nitrogen and oxygen atoms in total. The van der Waals surface area contributed by atoms with Gasteiger partial charge in [-0.25, -0.2) is 13.1 Å². The first-order valence-electron chi connectivity index (χ1n) is 11.3. The Bertz CT molecular complexity index is 1010. The van der Waals surface area contributed by atoms with E-state index in [0.717, 1.165) is 55.6 Å². The van der Waals surface area contributed by atoms with E-state index in [9.17, 15) is 13.2 Å². The first-order valence-corrected chi connectivity index (χ1v) is 12.7. The first-order chi connectivity index (χ1) is 15.3. The van der Waals surface area contributed by atoms with Crippen LogP contribution in [0, 0.1) is 19.8 Å². The van der Waals surface area contributed by atoms with Crippen LogP contribution >= 0.6 is 0 Å². The van der Waals surface area contributed by atoms with Gasteiger partial charge in [0.05, 0.1) is 12.0 Å². The number of hydrogen-bond acceptors (Lipinski definition) is 4. The Morgan fingerprint density at radius 3 is 2.38 bits per heavy atom. The summed E-state index contributed by atoms with van der Waals surface area (Å²) >= 11 is 0. The minimum atomic E-state index is -3.60. The average molecular weight is 459 g/mol. The number of nitrogens with zero attached hydrogens (tertiary/aromatic N) is 1. The number of hydrogen-bond donors (Lipinski definition) is 1. The molecule has 0 spiro atoms. The lowest BCUT2D eigenvalue weighted by Gasteiger charge is -2.32. The number of amides is 1. The zero-order valence-electron chi connectivity index (χ0n) is 19.3. The highest BCUT2D eigenvalue weighted by atomic mass is 32.2. The fourth-order valence-corrected chi connectivity index (χ4v) is 5.17. The number of likely N-dealkylation sites (tertiary alicyclic amines) is 1. The minimum Gasteiger partial charge on any atom is -0.497 e. The fourth-order valence-electron chi connectivity index (χ4n) is 4.05. The molecule has 0 aliphatic carbocycles. The Kier molecular flexibility index (Phi) is 8.32. The quantitative estimate of drug-likeness (QED) is 0.619. The molecule has 1 aliphatic rings. The molecule has 2 aromatic carbocycles. The maximum Gasteiger partial charge on any atom is 0.240 e. The van der Waals surface area contributed by atoms with Crippen molar-refractivity contribution in [2.24, 2.45) is 5.92 Å². The van der Waals surface area contributed by atoms with Crippen LogP contribution in [0.2, 0.25) is 0 Å². The summed E-state index contributed by atoms with van der Waals surface area (Å²) in [7, 11) is -1.93. The molecule has 0 aromatic heterocycles. The largest absolute Gasteiger partial charge is 0.497 e. The van der Waals surface area contributed by atoms with Crippen LogP contribution in [0.4, 0.5) is 0 Å². The van der Waals surface area contributed by atoms with E-state index >= 15 is 0 Å². The summed E-state index contributed by atoms with van der Waals surface area (Å²) in [6, 6.07) is 13.3. The van der Waals surface area contributed by atoms with Gasteiger partial charge in [0.15, 0.2) is 0 Å². The predicted molar refractivity (Wildman–Crippen MR) is 126 cm³/mol. The van der Waals surface area contributed by atoms with Crippen molar-refractivity contribution in [3.63, 3.8) is 0 Å². The van der Waals surface area contributed by atoms with Crippen LogP contribution in [0.5, 0.6) is 5.75 Å². The Labute approximate surface area is 192 Å². The molecule has 2 aromatic rings. The number of nitrogens with one attached hydrogen (secondary N) is 1. The number of sulfonamides is 1. The van der Waals surface area contributed by atoms with Gasteiger partial charge in [0, 0.05) is 26.1 Å². The maximum absolute atomic E-state index is 12.5. The summed E-state index contributed by atoms with van der Waals surface area (Å²) in [6.07, 6.45) is 4.32. The van der Waals surface area contributed by atoms with Crippen LogP contribution in [-0.4, -0.2) is 46.0 Å². The lowest BCUT2D eigenvalue weighted by Crippen LogP contribution is -2.40. The van der Waals surface area contributed by atoms with E-state index in [-0.39, 0.29) is 23.8 Å². The van der Waals surface area contributed by atoms with E-state index in [4.69, 9.17) is 4.74 Å². The third-order valence-corrected chi connectivity index (χ3v) is 7.85. The van der Waals surface area contributed by atoms with Gasteiger partial charge in [0.2, 0.25) is 15.9 Å². The molecule has 1 N–H and O–H groups in total. The van der Waals surface area contributed by atoms with Gasteiger partial charge < -0.3 is 9.64 Å². The smallest absolute Gasteiger partial charge is 0.240 e. The second-order valence-corrected chi connectivity index (χ2v) is 10.4. The molecular formula is C25H34N2O4S. The van der Waals surface area contributed by atoms with Crippen molar-refractivity contribution < 1.29 is 17.9 Å². The molecule has 7 heteroatoms. The molecule has 1 fully saturated rings. The highest BCUT2D eigenvalue weighted by molar-refractivity contribution is 7.89. The number of carbonyl (C=O) groups excluding carboxylic acids is 1. The molecule has 174 valence electrons. The van der Waals surface area contributed by atoms with Crippen LogP contribution in [0.25, 0.3) is 0 Å². The van der Waals surface area contributed by atoms with Crippen LogP contribution in [-0.2, 0) is 21.2 Å². The molecule has 3 rings (SSSR count). The van der Waals surface area contributed by atoms with Crippen LogP contribution in [0.3, 0.4) is 0 Å². The summed E-state index contributed by atoms with van der Waals surface area (Å²) in [5.74, 6) is 1.50. The molecule has 1 amide bonds.